The van der Waals surface area contributed by atoms with Gasteiger partial charge in [-0.25, -0.2) is 0 Å². The maximum absolute atomic E-state index is 12.1. The van der Waals surface area contributed by atoms with Crippen molar-refractivity contribution >= 4 is 39.1 Å². The summed E-state index contributed by atoms with van der Waals surface area (Å²) in [6.07, 6.45) is 7.19. The molecule has 0 unspecified atom stereocenters. The van der Waals surface area contributed by atoms with Gasteiger partial charge < -0.3 is 0 Å². The number of rotatable bonds is 5. The summed E-state index contributed by atoms with van der Waals surface area (Å²) in [5.41, 5.74) is 0.915. The highest BCUT2D eigenvalue weighted by Crippen LogP contribution is 2.29. The Kier molecular flexibility index (Phi) is 4.71. The van der Waals surface area contributed by atoms with Crippen LogP contribution in [0.2, 0.25) is 0 Å². The number of allylic oxidation sites excluding steroid dienone is 1. The monoisotopic (exact) mass is 338 g/mol. The molecule has 2 aromatic heterocycles. The van der Waals surface area contributed by atoms with Gasteiger partial charge in [-0.3, -0.25) is 9.48 Å². The molecule has 0 N–H and O–H groups in total. The standard InChI is InChI=1S/C14H15BrN2OS/c1-3-4-13-11(15)9-14(19-13)12(18)6-5-10-7-8-16-17(10)2/h5-9H,3-4H2,1-2H3/b6-5+. The molecule has 0 aliphatic rings. The first kappa shape index (κ1) is 14.2. The van der Waals surface area contributed by atoms with Crippen LogP contribution in [0.4, 0.5) is 0 Å². The Labute approximate surface area is 125 Å². The molecule has 5 heteroatoms. The second kappa shape index (κ2) is 6.30. The van der Waals surface area contributed by atoms with E-state index < -0.39 is 0 Å². The van der Waals surface area contributed by atoms with Gasteiger partial charge in [0.2, 0.25) is 0 Å². The van der Waals surface area contributed by atoms with Crippen LogP contribution in [-0.2, 0) is 13.5 Å². The SMILES string of the molecule is CCCc1sc(C(=O)/C=C/c2ccnn2C)cc1Br. The second-order valence-corrected chi connectivity index (χ2v) is 6.20. The number of aromatic nitrogens is 2. The van der Waals surface area contributed by atoms with Crippen LogP contribution in [0, 0.1) is 0 Å². The highest BCUT2D eigenvalue weighted by atomic mass is 79.9. The van der Waals surface area contributed by atoms with Crippen LogP contribution >= 0.6 is 27.3 Å². The maximum Gasteiger partial charge on any atom is 0.195 e. The van der Waals surface area contributed by atoms with Gasteiger partial charge in [-0.2, -0.15) is 5.10 Å². The number of carbonyl (C=O) groups is 1. The lowest BCUT2D eigenvalue weighted by atomic mass is 10.2. The minimum atomic E-state index is 0.0363. The van der Waals surface area contributed by atoms with Crippen molar-refractivity contribution in [1.29, 1.82) is 0 Å². The molecule has 0 atom stereocenters. The topological polar surface area (TPSA) is 34.9 Å². The maximum atomic E-state index is 12.1. The number of hydrogen-bond donors (Lipinski definition) is 0. The van der Waals surface area contributed by atoms with E-state index in [9.17, 15) is 4.79 Å². The summed E-state index contributed by atoms with van der Waals surface area (Å²) in [5, 5.41) is 4.06. The Morgan fingerprint density at radius 2 is 2.37 bits per heavy atom. The Balaban J connectivity index is 2.14. The molecule has 0 fully saturated rings. The molecular formula is C14H15BrN2OS. The lowest BCUT2D eigenvalue weighted by Crippen LogP contribution is -1.94. The average molecular weight is 339 g/mol. The molecular weight excluding hydrogens is 324 g/mol. The summed E-state index contributed by atoms with van der Waals surface area (Å²) < 4.78 is 2.77. The quantitative estimate of drug-likeness (QED) is 0.607. The molecule has 0 radical (unpaired) electrons. The van der Waals surface area contributed by atoms with Crippen LogP contribution < -0.4 is 0 Å². The number of carbonyl (C=O) groups excluding carboxylic acids is 1. The van der Waals surface area contributed by atoms with E-state index in [2.05, 4.69) is 28.0 Å². The number of halogens is 1. The molecule has 0 saturated carbocycles. The predicted octanol–water partition coefficient (Wildman–Crippen LogP) is 4.09. The fourth-order valence-corrected chi connectivity index (χ4v) is 3.61. The van der Waals surface area contributed by atoms with Crippen LogP contribution in [0.1, 0.15) is 33.6 Å². The Morgan fingerprint density at radius 1 is 1.58 bits per heavy atom. The van der Waals surface area contributed by atoms with Gasteiger partial charge in [-0.15, -0.1) is 11.3 Å². The molecule has 0 spiro atoms. The Morgan fingerprint density at radius 3 is 3.00 bits per heavy atom. The second-order valence-electron chi connectivity index (χ2n) is 4.21. The van der Waals surface area contributed by atoms with Crippen LogP contribution in [0.15, 0.2) is 28.9 Å². The highest BCUT2D eigenvalue weighted by Gasteiger charge is 2.10. The zero-order valence-electron chi connectivity index (χ0n) is 10.9. The summed E-state index contributed by atoms with van der Waals surface area (Å²) in [6, 6.07) is 3.78. The molecule has 0 aliphatic carbocycles. The largest absolute Gasteiger partial charge is 0.288 e. The van der Waals surface area contributed by atoms with E-state index >= 15 is 0 Å². The van der Waals surface area contributed by atoms with E-state index in [-0.39, 0.29) is 5.78 Å². The van der Waals surface area contributed by atoms with E-state index in [4.69, 9.17) is 0 Å². The smallest absolute Gasteiger partial charge is 0.195 e. The van der Waals surface area contributed by atoms with Crippen LogP contribution in [0.5, 0.6) is 0 Å². The molecule has 0 bridgehead atoms. The van der Waals surface area contributed by atoms with Crippen LogP contribution in [0.3, 0.4) is 0 Å². The van der Waals surface area contributed by atoms with Crippen molar-refractivity contribution < 1.29 is 4.79 Å². The van der Waals surface area contributed by atoms with Gasteiger partial charge in [-0.05, 0) is 46.6 Å². The third-order valence-electron chi connectivity index (χ3n) is 2.74. The van der Waals surface area contributed by atoms with Crippen LogP contribution in [0.25, 0.3) is 6.08 Å². The minimum Gasteiger partial charge on any atom is -0.288 e. The Bertz CT molecular complexity index is 613. The fourth-order valence-electron chi connectivity index (χ4n) is 1.72. The molecule has 100 valence electrons. The van der Waals surface area contributed by atoms with Crippen molar-refractivity contribution in [1.82, 2.24) is 9.78 Å². The van der Waals surface area contributed by atoms with E-state index in [0.717, 1.165) is 27.9 Å². The van der Waals surface area contributed by atoms with Crippen molar-refractivity contribution in [3.63, 3.8) is 0 Å². The molecule has 0 amide bonds. The van der Waals surface area contributed by atoms with Gasteiger partial charge >= 0.3 is 0 Å². The van der Waals surface area contributed by atoms with Gasteiger partial charge in [-0.1, -0.05) is 13.3 Å². The van der Waals surface area contributed by atoms with Gasteiger partial charge in [0.15, 0.2) is 5.78 Å². The predicted molar refractivity (Wildman–Crippen MR) is 82.6 cm³/mol. The number of hydrogen-bond acceptors (Lipinski definition) is 3. The van der Waals surface area contributed by atoms with E-state index in [1.165, 1.54) is 4.88 Å². The molecule has 2 heterocycles. The van der Waals surface area contributed by atoms with Gasteiger partial charge in [0.25, 0.3) is 0 Å². The molecule has 2 rings (SSSR count). The molecule has 19 heavy (non-hydrogen) atoms. The number of ketones is 1. The highest BCUT2D eigenvalue weighted by molar-refractivity contribution is 9.10. The number of thiophene rings is 1. The average Bonchev–Trinajstić information content (AvgIpc) is 2.94. The van der Waals surface area contributed by atoms with Gasteiger partial charge in [0.05, 0.1) is 10.6 Å². The summed E-state index contributed by atoms with van der Waals surface area (Å²) >= 11 is 5.07. The molecule has 0 aromatic carbocycles. The van der Waals surface area contributed by atoms with Gasteiger partial charge in [0.1, 0.15) is 0 Å². The fraction of sp³-hybridized carbons (Fsp3) is 0.286. The zero-order valence-corrected chi connectivity index (χ0v) is 13.3. The van der Waals surface area contributed by atoms with E-state index in [1.807, 2.05) is 19.2 Å². The molecule has 3 nitrogen and oxygen atoms in total. The number of nitrogens with zero attached hydrogens (tertiary/aromatic N) is 2. The minimum absolute atomic E-state index is 0.0363. The molecule has 0 saturated heterocycles. The van der Waals surface area contributed by atoms with Gasteiger partial charge in [0, 0.05) is 22.6 Å². The van der Waals surface area contributed by atoms with Crippen molar-refractivity contribution in [2.75, 3.05) is 0 Å². The normalized spacial score (nSPS) is 11.3. The van der Waals surface area contributed by atoms with Crippen molar-refractivity contribution in [2.24, 2.45) is 7.05 Å². The van der Waals surface area contributed by atoms with Crippen molar-refractivity contribution in [2.45, 2.75) is 19.8 Å². The Hall–Kier alpha value is -1.20. The first-order valence-electron chi connectivity index (χ1n) is 6.10. The lowest BCUT2D eigenvalue weighted by molar-refractivity contribution is 0.105. The third-order valence-corrected chi connectivity index (χ3v) is 4.92. The summed E-state index contributed by atoms with van der Waals surface area (Å²) in [6.45, 7) is 2.13. The third kappa shape index (κ3) is 3.42. The van der Waals surface area contributed by atoms with Crippen molar-refractivity contribution in [3.8, 4) is 0 Å². The van der Waals surface area contributed by atoms with Crippen LogP contribution in [-0.4, -0.2) is 15.6 Å². The molecule has 2 aromatic rings. The number of aryl methyl sites for hydroxylation is 2. The lowest BCUT2D eigenvalue weighted by Gasteiger charge is -1.93. The zero-order chi connectivity index (χ0) is 13.8. The summed E-state index contributed by atoms with van der Waals surface area (Å²) in [5.74, 6) is 0.0363. The first-order valence-corrected chi connectivity index (χ1v) is 7.71. The summed E-state index contributed by atoms with van der Waals surface area (Å²) in [7, 11) is 1.85. The van der Waals surface area contributed by atoms with Crippen molar-refractivity contribution in [3.05, 3.63) is 44.3 Å². The first-order chi connectivity index (χ1) is 9.11. The molecule has 0 aliphatic heterocycles. The van der Waals surface area contributed by atoms with E-state index in [0.29, 0.717) is 0 Å². The van der Waals surface area contributed by atoms with E-state index in [1.54, 1.807) is 34.4 Å². The summed E-state index contributed by atoms with van der Waals surface area (Å²) in [4.78, 5) is 14.1.